The lowest BCUT2D eigenvalue weighted by molar-refractivity contribution is -0.118. The molecule has 88 valence electrons. The number of nitrogens with one attached hydrogen (secondary N) is 1. The van der Waals surface area contributed by atoms with Crippen LogP contribution in [0.5, 0.6) is 5.75 Å². The summed E-state index contributed by atoms with van der Waals surface area (Å²) in [6, 6.07) is 7.61. The second-order valence-electron chi connectivity index (χ2n) is 3.39. The first-order chi connectivity index (χ1) is 7.33. The van der Waals surface area contributed by atoms with E-state index >= 15 is 0 Å². The van der Waals surface area contributed by atoms with Crippen molar-refractivity contribution in [1.82, 2.24) is 5.32 Å². The van der Waals surface area contributed by atoms with Crippen molar-refractivity contribution in [1.29, 1.82) is 0 Å². The van der Waals surface area contributed by atoms with E-state index in [1.54, 1.807) is 11.9 Å². The van der Waals surface area contributed by atoms with Gasteiger partial charge in [0.25, 0.3) is 0 Å². The van der Waals surface area contributed by atoms with E-state index in [1.807, 2.05) is 24.3 Å². The Bertz CT molecular complexity index is 371. The van der Waals surface area contributed by atoms with E-state index in [0.717, 1.165) is 11.4 Å². The summed E-state index contributed by atoms with van der Waals surface area (Å²) in [6.45, 7) is 1.54. The van der Waals surface area contributed by atoms with Crippen LogP contribution < -0.4 is 15.0 Å². The standard InChI is InChI=1S/C11H14N2O2.ClH/c1-12-8-11(14)13-6-7-15-10-5-3-2-4-9(10)13;/h2-5,12H,6-8H2,1H3;1H. The van der Waals surface area contributed by atoms with Gasteiger partial charge in [0.2, 0.25) is 5.91 Å². The molecule has 16 heavy (non-hydrogen) atoms. The third-order valence-corrected chi connectivity index (χ3v) is 2.36. The zero-order valence-electron chi connectivity index (χ0n) is 9.10. The molecule has 0 atom stereocenters. The molecule has 0 saturated carbocycles. The Morgan fingerprint density at radius 1 is 1.50 bits per heavy atom. The Morgan fingerprint density at radius 3 is 3.00 bits per heavy atom. The van der Waals surface area contributed by atoms with E-state index in [9.17, 15) is 4.79 Å². The Labute approximate surface area is 101 Å². The molecule has 1 aliphatic heterocycles. The molecule has 1 aromatic rings. The van der Waals surface area contributed by atoms with Crippen molar-refractivity contribution in [2.45, 2.75) is 0 Å². The first-order valence-corrected chi connectivity index (χ1v) is 4.99. The van der Waals surface area contributed by atoms with Gasteiger partial charge in [-0.1, -0.05) is 12.1 Å². The van der Waals surface area contributed by atoms with E-state index in [1.165, 1.54) is 0 Å². The number of rotatable bonds is 2. The smallest absolute Gasteiger partial charge is 0.241 e. The zero-order valence-corrected chi connectivity index (χ0v) is 9.92. The van der Waals surface area contributed by atoms with Gasteiger partial charge in [-0.2, -0.15) is 0 Å². The van der Waals surface area contributed by atoms with Crippen LogP contribution in [0.15, 0.2) is 24.3 Å². The lowest BCUT2D eigenvalue weighted by Crippen LogP contribution is -2.42. The van der Waals surface area contributed by atoms with E-state index in [0.29, 0.717) is 19.7 Å². The Hall–Kier alpha value is -1.26. The van der Waals surface area contributed by atoms with Crippen LogP contribution in [0, 0.1) is 0 Å². The lowest BCUT2D eigenvalue weighted by atomic mass is 10.2. The fourth-order valence-electron chi connectivity index (χ4n) is 1.68. The SMILES string of the molecule is CNCC(=O)N1CCOc2ccccc21.Cl. The van der Waals surface area contributed by atoms with E-state index in [4.69, 9.17) is 4.74 Å². The third kappa shape index (κ3) is 2.46. The molecule has 0 saturated heterocycles. The van der Waals surface area contributed by atoms with Crippen LogP contribution >= 0.6 is 12.4 Å². The van der Waals surface area contributed by atoms with Gasteiger partial charge >= 0.3 is 0 Å². The second kappa shape index (κ2) is 5.72. The number of likely N-dealkylation sites (N-methyl/N-ethyl adjacent to an activating group) is 1. The number of para-hydroxylation sites is 2. The molecular weight excluding hydrogens is 228 g/mol. The molecule has 0 aliphatic carbocycles. The molecule has 1 aromatic carbocycles. The highest BCUT2D eigenvalue weighted by Crippen LogP contribution is 2.30. The van der Waals surface area contributed by atoms with Gasteiger partial charge < -0.3 is 15.0 Å². The van der Waals surface area contributed by atoms with Crippen molar-refractivity contribution >= 4 is 24.0 Å². The van der Waals surface area contributed by atoms with Gasteiger partial charge in [-0.15, -0.1) is 12.4 Å². The fourth-order valence-corrected chi connectivity index (χ4v) is 1.68. The number of fused-ring (bicyclic) bond motifs is 1. The molecule has 1 N–H and O–H groups in total. The summed E-state index contributed by atoms with van der Waals surface area (Å²) in [4.78, 5) is 13.5. The van der Waals surface area contributed by atoms with Crippen molar-refractivity contribution in [2.75, 3.05) is 31.6 Å². The number of anilines is 1. The number of ether oxygens (including phenoxy) is 1. The molecule has 0 spiro atoms. The van der Waals surface area contributed by atoms with Crippen LogP contribution in [0.1, 0.15) is 0 Å². The number of amides is 1. The maximum Gasteiger partial charge on any atom is 0.241 e. The Kier molecular flexibility index (Phi) is 4.58. The largest absolute Gasteiger partial charge is 0.490 e. The van der Waals surface area contributed by atoms with E-state index < -0.39 is 0 Å². The van der Waals surface area contributed by atoms with Crippen LogP contribution in [0.4, 0.5) is 5.69 Å². The molecule has 2 rings (SSSR count). The van der Waals surface area contributed by atoms with Gasteiger partial charge in [0, 0.05) is 0 Å². The Morgan fingerprint density at radius 2 is 2.25 bits per heavy atom. The van der Waals surface area contributed by atoms with Crippen molar-refractivity contribution in [3.63, 3.8) is 0 Å². The van der Waals surface area contributed by atoms with Gasteiger partial charge in [0.1, 0.15) is 12.4 Å². The average Bonchev–Trinajstić information content (AvgIpc) is 2.28. The maximum atomic E-state index is 11.8. The molecule has 0 unspecified atom stereocenters. The highest BCUT2D eigenvalue weighted by molar-refractivity contribution is 5.96. The van der Waals surface area contributed by atoms with E-state index in [-0.39, 0.29) is 18.3 Å². The number of nitrogens with zero attached hydrogens (tertiary/aromatic N) is 1. The summed E-state index contributed by atoms with van der Waals surface area (Å²) in [6.07, 6.45) is 0. The average molecular weight is 243 g/mol. The minimum atomic E-state index is 0. The molecule has 0 radical (unpaired) electrons. The van der Waals surface area contributed by atoms with Crippen LogP contribution in [-0.2, 0) is 4.79 Å². The molecule has 1 aliphatic rings. The van der Waals surface area contributed by atoms with Crippen molar-refractivity contribution in [3.8, 4) is 5.75 Å². The fraction of sp³-hybridized carbons (Fsp3) is 0.364. The van der Waals surface area contributed by atoms with E-state index in [2.05, 4.69) is 5.32 Å². The maximum absolute atomic E-state index is 11.8. The van der Waals surface area contributed by atoms with Gasteiger partial charge in [-0.05, 0) is 19.2 Å². The van der Waals surface area contributed by atoms with Gasteiger partial charge in [-0.25, -0.2) is 0 Å². The molecule has 0 fully saturated rings. The summed E-state index contributed by atoms with van der Waals surface area (Å²) in [7, 11) is 1.77. The topological polar surface area (TPSA) is 41.6 Å². The minimum Gasteiger partial charge on any atom is -0.490 e. The molecule has 1 amide bonds. The zero-order chi connectivity index (χ0) is 10.7. The summed E-state index contributed by atoms with van der Waals surface area (Å²) >= 11 is 0. The lowest BCUT2D eigenvalue weighted by Gasteiger charge is -2.29. The normalized spacial score (nSPS) is 13.4. The van der Waals surface area contributed by atoms with Gasteiger partial charge in [0.05, 0.1) is 18.8 Å². The third-order valence-electron chi connectivity index (χ3n) is 2.36. The predicted octanol–water partition coefficient (Wildman–Crippen LogP) is 1.05. The van der Waals surface area contributed by atoms with Crippen LogP contribution in [0.25, 0.3) is 0 Å². The molecule has 0 aromatic heterocycles. The monoisotopic (exact) mass is 242 g/mol. The van der Waals surface area contributed by atoms with Crippen molar-refractivity contribution < 1.29 is 9.53 Å². The molecule has 5 heteroatoms. The van der Waals surface area contributed by atoms with Crippen molar-refractivity contribution in [2.24, 2.45) is 0 Å². The van der Waals surface area contributed by atoms with Crippen LogP contribution in [-0.4, -0.2) is 32.7 Å². The quantitative estimate of drug-likeness (QED) is 0.843. The molecule has 1 heterocycles. The summed E-state index contributed by atoms with van der Waals surface area (Å²) in [5.41, 5.74) is 0.865. The van der Waals surface area contributed by atoms with Crippen LogP contribution in [0.3, 0.4) is 0 Å². The number of halogens is 1. The number of carbonyl (C=O) groups is 1. The minimum absolute atomic E-state index is 0. The van der Waals surface area contributed by atoms with Gasteiger partial charge in [0.15, 0.2) is 0 Å². The number of hydrogen-bond donors (Lipinski definition) is 1. The van der Waals surface area contributed by atoms with Gasteiger partial charge in [-0.3, -0.25) is 4.79 Å². The number of carbonyl (C=O) groups excluding carboxylic acids is 1. The highest BCUT2D eigenvalue weighted by Gasteiger charge is 2.22. The number of hydrogen-bond acceptors (Lipinski definition) is 3. The predicted molar refractivity (Wildman–Crippen MR) is 65.5 cm³/mol. The molecular formula is C11H15ClN2O2. The summed E-state index contributed by atoms with van der Waals surface area (Å²) in [5, 5.41) is 2.86. The first-order valence-electron chi connectivity index (χ1n) is 4.99. The molecule has 0 bridgehead atoms. The second-order valence-corrected chi connectivity index (χ2v) is 3.39. The number of benzene rings is 1. The highest BCUT2D eigenvalue weighted by atomic mass is 35.5. The summed E-state index contributed by atoms with van der Waals surface area (Å²) in [5.74, 6) is 0.862. The molecule has 4 nitrogen and oxygen atoms in total. The van der Waals surface area contributed by atoms with Crippen LogP contribution in [0.2, 0.25) is 0 Å². The Balaban J connectivity index is 0.00000128. The first kappa shape index (κ1) is 12.8. The van der Waals surface area contributed by atoms with Crippen molar-refractivity contribution in [3.05, 3.63) is 24.3 Å². The summed E-state index contributed by atoms with van der Waals surface area (Å²) < 4.78 is 5.47.